The van der Waals surface area contributed by atoms with Crippen molar-refractivity contribution in [3.8, 4) is 0 Å². The SMILES string of the molecule is CC1(C)C2CCC1(CS(=O)(=O)O)C(=O)C2.O=C1NC(=O)c2cc(C34CC5CC(CC(C5)C3)C4)cc3cc(C45CC6CC(CC(C6)C4)C5)cc1c23. The predicted octanol–water partition coefficient (Wildman–Crippen LogP) is 7.93. The van der Waals surface area contributed by atoms with Gasteiger partial charge in [0.05, 0.1) is 11.2 Å². The lowest BCUT2D eigenvalue weighted by atomic mass is 9.47. The molecule has 10 fully saturated rings. The number of amides is 2. The number of fused-ring (bicyclic) bond motifs is 2. The molecule has 0 spiro atoms. The zero-order valence-electron chi connectivity index (χ0n) is 29.6. The van der Waals surface area contributed by atoms with Crippen LogP contribution in [0, 0.1) is 52.3 Å². The van der Waals surface area contributed by atoms with E-state index in [1.807, 2.05) is 13.8 Å². The van der Waals surface area contributed by atoms with Crippen LogP contribution in [0.1, 0.15) is 142 Å². The van der Waals surface area contributed by atoms with Crippen molar-refractivity contribution in [2.24, 2.45) is 52.3 Å². The number of carbonyl (C=O) groups excluding carboxylic acids is 3. The van der Waals surface area contributed by atoms with Gasteiger partial charge in [-0.15, -0.1) is 0 Å². The Morgan fingerprint density at radius 1 is 0.700 bits per heavy atom. The smallest absolute Gasteiger partial charge is 0.265 e. The first-order chi connectivity index (χ1) is 23.6. The number of carbonyl (C=O) groups is 3. The van der Waals surface area contributed by atoms with Crippen LogP contribution < -0.4 is 5.32 Å². The van der Waals surface area contributed by atoms with Gasteiger partial charge >= 0.3 is 0 Å². The van der Waals surface area contributed by atoms with E-state index in [2.05, 4.69) is 29.6 Å². The average molecular weight is 698 g/mol. The van der Waals surface area contributed by atoms with Crippen molar-refractivity contribution in [1.82, 2.24) is 5.32 Å². The van der Waals surface area contributed by atoms with E-state index in [-0.39, 0.29) is 39.8 Å². The Morgan fingerprint density at radius 2 is 1.12 bits per heavy atom. The minimum atomic E-state index is -4.08. The molecule has 0 saturated heterocycles. The highest BCUT2D eigenvalue weighted by Gasteiger charge is 2.65. The van der Waals surface area contributed by atoms with Crippen LogP contribution in [-0.4, -0.2) is 36.3 Å². The van der Waals surface area contributed by atoms with Gasteiger partial charge in [-0.25, -0.2) is 0 Å². The highest BCUT2D eigenvalue weighted by molar-refractivity contribution is 7.85. The Hall–Kier alpha value is -2.58. The molecule has 8 heteroatoms. The van der Waals surface area contributed by atoms with Crippen LogP contribution in [0.15, 0.2) is 24.3 Å². The van der Waals surface area contributed by atoms with Gasteiger partial charge in [0.1, 0.15) is 5.78 Å². The van der Waals surface area contributed by atoms with Crippen LogP contribution in [0.5, 0.6) is 0 Å². The van der Waals surface area contributed by atoms with E-state index in [4.69, 9.17) is 4.55 Å². The number of rotatable bonds is 4. The largest absolute Gasteiger partial charge is 0.299 e. The minimum absolute atomic E-state index is 0.0152. The van der Waals surface area contributed by atoms with Crippen LogP contribution in [0.25, 0.3) is 10.8 Å². The molecule has 10 aliphatic carbocycles. The summed E-state index contributed by atoms with van der Waals surface area (Å²) in [6.07, 6.45) is 18.3. The molecule has 266 valence electrons. The first-order valence-corrected chi connectivity index (χ1v) is 21.2. The maximum absolute atomic E-state index is 13.1. The summed E-state index contributed by atoms with van der Waals surface area (Å²) in [5.74, 6) is 4.75. The van der Waals surface area contributed by atoms with E-state index in [1.54, 1.807) is 0 Å². The van der Waals surface area contributed by atoms with Crippen molar-refractivity contribution in [3.05, 3.63) is 46.5 Å². The quantitative estimate of drug-likeness (QED) is 0.248. The second-order valence-electron chi connectivity index (χ2n) is 19.7. The van der Waals surface area contributed by atoms with Gasteiger partial charge in [0.25, 0.3) is 21.9 Å². The molecule has 0 radical (unpaired) electrons. The van der Waals surface area contributed by atoms with E-state index < -0.39 is 21.3 Å². The maximum Gasteiger partial charge on any atom is 0.265 e. The van der Waals surface area contributed by atoms with Crippen molar-refractivity contribution in [1.29, 1.82) is 0 Å². The molecule has 2 N–H and O–H groups in total. The van der Waals surface area contributed by atoms with Gasteiger partial charge in [0.15, 0.2) is 0 Å². The molecule has 1 aliphatic heterocycles. The van der Waals surface area contributed by atoms with E-state index in [0.717, 1.165) is 58.4 Å². The van der Waals surface area contributed by atoms with Crippen molar-refractivity contribution in [2.45, 2.75) is 121 Å². The lowest BCUT2D eigenvalue weighted by Crippen LogP contribution is -2.49. The second-order valence-corrected chi connectivity index (χ2v) is 21.2. The van der Waals surface area contributed by atoms with Crippen LogP contribution >= 0.6 is 0 Å². The van der Waals surface area contributed by atoms with Crippen LogP contribution in [0.4, 0.5) is 0 Å². The minimum Gasteiger partial charge on any atom is -0.299 e. The van der Waals surface area contributed by atoms with Gasteiger partial charge in [-0.1, -0.05) is 26.0 Å². The molecule has 0 aromatic heterocycles. The van der Waals surface area contributed by atoms with E-state index >= 15 is 0 Å². The molecule has 10 bridgehead atoms. The summed E-state index contributed by atoms with van der Waals surface area (Å²) in [7, 11) is -4.08. The zero-order valence-corrected chi connectivity index (χ0v) is 30.4. The van der Waals surface area contributed by atoms with Crippen molar-refractivity contribution in [3.63, 3.8) is 0 Å². The number of imide groups is 1. The van der Waals surface area contributed by atoms with Gasteiger partial charge < -0.3 is 0 Å². The van der Waals surface area contributed by atoms with Gasteiger partial charge in [-0.05, 0) is 176 Å². The molecule has 2 unspecified atom stereocenters. The third-order valence-electron chi connectivity index (χ3n) is 16.6. The first kappa shape index (κ1) is 32.1. The number of nitrogens with one attached hydrogen (secondary N) is 1. The highest BCUT2D eigenvalue weighted by Crippen LogP contribution is 2.65. The standard InChI is InChI=1S/C32H35NO2.C10H16O4S/c34-29-26-9-24(31-11-17-1-18(12-31)3-19(2-17)13-31)7-23-8-25(10-27(28(23)26)30(35)33-29)32-14-20-4-21(15-32)6-22(5-20)16-32;1-9(2)7-3-4-10(9,8(11)5-7)6-15(12,13)14/h7-10,17-22H,1-6,11-16H2,(H,33,34,35);7H,3-6H2,1-2H3,(H,12,13,14). The lowest BCUT2D eigenvalue weighted by Gasteiger charge is -2.57. The molecule has 13 rings (SSSR count). The maximum atomic E-state index is 13.1. The Bertz CT molecular complexity index is 1830. The van der Waals surface area contributed by atoms with Crippen LogP contribution in [0.3, 0.4) is 0 Å². The summed E-state index contributed by atoms with van der Waals surface area (Å²) < 4.78 is 31.0. The van der Waals surface area contributed by atoms with Crippen LogP contribution in [0.2, 0.25) is 0 Å². The monoisotopic (exact) mass is 697 g/mol. The fourth-order valence-electron chi connectivity index (χ4n) is 15.1. The van der Waals surface area contributed by atoms with E-state index in [0.29, 0.717) is 12.8 Å². The molecular weight excluding hydrogens is 647 g/mol. The van der Waals surface area contributed by atoms with E-state index in [9.17, 15) is 22.8 Å². The third-order valence-corrected chi connectivity index (χ3v) is 17.5. The lowest BCUT2D eigenvalue weighted by molar-refractivity contribution is -0.128. The molecule has 2 aromatic carbocycles. The molecule has 50 heavy (non-hydrogen) atoms. The number of hydrogen-bond donors (Lipinski definition) is 2. The Morgan fingerprint density at radius 3 is 1.46 bits per heavy atom. The normalized spacial score (nSPS) is 42.6. The highest BCUT2D eigenvalue weighted by atomic mass is 32.2. The summed E-state index contributed by atoms with van der Waals surface area (Å²) >= 11 is 0. The Balaban J connectivity index is 0.000000178. The molecule has 2 atom stereocenters. The molecule has 2 amide bonds. The summed E-state index contributed by atoms with van der Waals surface area (Å²) in [4.78, 5) is 38.1. The Labute approximate surface area is 295 Å². The van der Waals surface area contributed by atoms with Gasteiger partial charge in [0.2, 0.25) is 0 Å². The molecule has 11 aliphatic rings. The predicted molar refractivity (Wildman–Crippen MR) is 190 cm³/mol. The average Bonchev–Trinajstić information content (AvgIpc) is 3.36. The van der Waals surface area contributed by atoms with Crippen molar-refractivity contribution in [2.75, 3.05) is 5.75 Å². The molecule has 7 nitrogen and oxygen atoms in total. The molecule has 1 heterocycles. The van der Waals surface area contributed by atoms with Gasteiger partial charge in [-0.3, -0.25) is 24.3 Å². The number of Topliss-reactive ketones (excluding diaryl/α,β-unsaturated/α-hetero) is 1. The Kier molecular flexibility index (Phi) is 6.61. The summed E-state index contributed by atoms with van der Waals surface area (Å²) in [5.41, 5.74) is 3.68. The third kappa shape index (κ3) is 4.55. The zero-order chi connectivity index (χ0) is 34.6. The first-order valence-electron chi connectivity index (χ1n) is 19.6. The van der Waals surface area contributed by atoms with Crippen molar-refractivity contribution >= 4 is 38.5 Å². The summed E-state index contributed by atoms with van der Waals surface area (Å²) in [5, 5.41) is 4.80. The topological polar surface area (TPSA) is 118 Å². The van der Waals surface area contributed by atoms with Crippen molar-refractivity contribution < 1.29 is 27.4 Å². The van der Waals surface area contributed by atoms with E-state index in [1.165, 1.54) is 93.6 Å². The fourth-order valence-corrected chi connectivity index (χ4v) is 16.4. The number of ketones is 1. The van der Waals surface area contributed by atoms with Gasteiger partial charge in [-0.2, -0.15) is 8.42 Å². The van der Waals surface area contributed by atoms with Gasteiger partial charge in [0, 0.05) is 22.9 Å². The van der Waals surface area contributed by atoms with Crippen LogP contribution in [-0.2, 0) is 25.7 Å². The molecular formula is C42H51NO6S. The fraction of sp³-hybridized carbons (Fsp3) is 0.690. The second kappa shape index (κ2) is 10.3. The summed E-state index contributed by atoms with van der Waals surface area (Å²) in [6.45, 7) is 3.89. The number of benzene rings is 2. The molecule has 2 aromatic rings. The summed E-state index contributed by atoms with van der Waals surface area (Å²) in [6, 6.07) is 9.27. The molecule has 10 saturated carbocycles. The number of hydrogen-bond acceptors (Lipinski definition) is 5.